The molecule has 0 radical (unpaired) electrons. The van der Waals surface area contributed by atoms with Gasteiger partial charge in [0.15, 0.2) is 0 Å². The molecule has 1 heterocycles. The average Bonchev–Trinajstić information content (AvgIpc) is 3.18. The highest BCUT2D eigenvalue weighted by Crippen LogP contribution is 2.41. The number of aromatic nitrogens is 1. The second-order valence-corrected chi connectivity index (χ2v) is 13.1. The third-order valence-corrected chi connectivity index (χ3v) is 8.71. The molecular weight excluding hydrogens is 541 g/mol. The van der Waals surface area contributed by atoms with Gasteiger partial charge in [-0.25, -0.2) is 8.93 Å². The standard InChI is InChI=1S/C27H41F2N6O2PS/c1-17-20(25(36)32-13-12-24(30)33-31)15-22(35(17)16-18-8-6-5-7-9-18)19-10-11-23(21(14-19)27(28,29)38)39(37)34-26(2,3)4/h10-11,14-15,18,34H,5-9,12-13,16,31,38H2,1-4H3,(H2,30,33)(H,32,36). The van der Waals surface area contributed by atoms with Crippen molar-refractivity contribution in [2.24, 2.45) is 22.6 Å². The number of hydrogen-bond acceptors (Lipinski definition) is 4. The number of nitrogens with two attached hydrogens (primary N) is 2. The van der Waals surface area contributed by atoms with Gasteiger partial charge in [-0.05, 0) is 70.2 Å². The van der Waals surface area contributed by atoms with Crippen LogP contribution in [0, 0.1) is 12.8 Å². The smallest absolute Gasteiger partial charge is 0.285 e. The van der Waals surface area contributed by atoms with Gasteiger partial charge in [0.1, 0.15) is 16.8 Å². The molecule has 1 amide bonds. The lowest BCUT2D eigenvalue weighted by Crippen LogP contribution is -2.37. The number of amidine groups is 1. The molecule has 1 aliphatic carbocycles. The fraction of sp³-hybridized carbons (Fsp3) is 0.556. The third-order valence-electron chi connectivity index (χ3n) is 6.84. The first-order chi connectivity index (χ1) is 18.2. The topological polar surface area (TPSA) is 128 Å². The third kappa shape index (κ3) is 8.32. The van der Waals surface area contributed by atoms with Crippen LogP contribution in [0.2, 0.25) is 0 Å². The Balaban J connectivity index is 2.06. The summed E-state index contributed by atoms with van der Waals surface area (Å²) in [7, 11) is -0.290. The summed E-state index contributed by atoms with van der Waals surface area (Å²) in [5.74, 6) is 5.55. The van der Waals surface area contributed by atoms with Crippen molar-refractivity contribution in [1.82, 2.24) is 14.6 Å². The molecule has 3 rings (SSSR count). The molecule has 0 aliphatic heterocycles. The predicted octanol–water partition coefficient (Wildman–Crippen LogP) is 4.73. The SMILES string of the molecule is Cc1c(C(=O)NCC/C(N)=N/N)cc(-c2ccc(S(=O)NC(C)(C)C)c(C(F)(F)P)c2)n1CC1CCCCC1. The van der Waals surface area contributed by atoms with E-state index in [9.17, 15) is 17.8 Å². The highest BCUT2D eigenvalue weighted by atomic mass is 32.2. The lowest BCUT2D eigenvalue weighted by atomic mass is 9.89. The lowest BCUT2D eigenvalue weighted by Gasteiger charge is -2.25. The summed E-state index contributed by atoms with van der Waals surface area (Å²) in [5.41, 5.74) is 3.87. The summed E-state index contributed by atoms with van der Waals surface area (Å²) in [5, 5.41) is 6.26. The molecule has 216 valence electrons. The number of benzene rings is 1. The van der Waals surface area contributed by atoms with Crippen molar-refractivity contribution >= 4 is 32.0 Å². The zero-order chi connectivity index (χ0) is 29.0. The molecule has 8 nitrogen and oxygen atoms in total. The largest absolute Gasteiger partial charge is 0.386 e. The summed E-state index contributed by atoms with van der Waals surface area (Å²) in [6, 6.07) is 6.32. The molecule has 2 atom stereocenters. The Morgan fingerprint density at radius 3 is 2.46 bits per heavy atom. The summed E-state index contributed by atoms with van der Waals surface area (Å²) in [6.45, 7) is 8.29. The van der Waals surface area contributed by atoms with Crippen LogP contribution in [0.25, 0.3) is 11.3 Å². The molecule has 1 aromatic carbocycles. The van der Waals surface area contributed by atoms with E-state index >= 15 is 0 Å². The van der Waals surface area contributed by atoms with Crippen LogP contribution in [0.1, 0.15) is 80.9 Å². The second-order valence-electron chi connectivity index (χ2n) is 11.2. The van der Waals surface area contributed by atoms with Crippen LogP contribution in [-0.2, 0) is 23.2 Å². The van der Waals surface area contributed by atoms with E-state index < -0.39 is 22.2 Å². The lowest BCUT2D eigenvalue weighted by molar-refractivity contribution is 0.0953. The molecule has 1 fully saturated rings. The Kier molecular flexibility index (Phi) is 10.3. The minimum atomic E-state index is -3.30. The number of nitrogens with zero attached hydrogens (tertiary/aromatic N) is 2. The zero-order valence-corrected chi connectivity index (χ0v) is 25.1. The number of carbonyl (C=O) groups is 1. The van der Waals surface area contributed by atoms with Gasteiger partial charge < -0.3 is 21.5 Å². The van der Waals surface area contributed by atoms with E-state index in [1.54, 1.807) is 21.4 Å². The van der Waals surface area contributed by atoms with Crippen molar-refractivity contribution in [2.45, 2.75) is 88.9 Å². The predicted molar refractivity (Wildman–Crippen MR) is 157 cm³/mol. The molecule has 1 aliphatic rings. The Morgan fingerprint density at radius 1 is 1.21 bits per heavy atom. The molecule has 39 heavy (non-hydrogen) atoms. The maximum Gasteiger partial charge on any atom is 0.285 e. The number of alkyl halides is 2. The van der Waals surface area contributed by atoms with Crippen molar-refractivity contribution in [3.63, 3.8) is 0 Å². The molecule has 12 heteroatoms. The van der Waals surface area contributed by atoms with Crippen LogP contribution < -0.4 is 21.6 Å². The number of amides is 1. The first-order valence-corrected chi connectivity index (χ1v) is 15.0. The monoisotopic (exact) mass is 582 g/mol. The summed E-state index contributed by atoms with van der Waals surface area (Å²) in [6.07, 6.45) is 6.00. The van der Waals surface area contributed by atoms with E-state index in [2.05, 4.69) is 19.7 Å². The molecular formula is C27H41F2N6O2PS. The Hall–Kier alpha value is -2.36. The van der Waals surface area contributed by atoms with Gasteiger partial charge in [0.2, 0.25) is 0 Å². The van der Waals surface area contributed by atoms with Crippen molar-refractivity contribution in [3.05, 3.63) is 41.1 Å². The van der Waals surface area contributed by atoms with Crippen molar-refractivity contribution in [2.75, 3.05) is 6.54 Å². The van der Waals surface area contributed by atoms with E-state index in [4.69, 9.17) is 11.6 Å². The molecule has 0 spiro atoms. The van der Waals surface area contributed by atoms with Crippen LogP contribution >= 0.6 is 9.24 Å². The Labute approximate surface area is 234 Å². The van der Waals surface area contributed by atoms with E-state index in [1.807, 2.05) is 27.7 Å². The number of nitrogens with one attached hydrogen (secondary N) is 2. The maximum absolute atomic E-state index is 14.8. The van der Waals surface area contributed by atoms with Gasteiger partial charge in [0.05, 0.1) is 10.5 Å². The molecule has 2 aromatic rings. The van der Waals surface area contributed by atoms with Crippen LogP contribution in [-0.4, -0.2) is 32.6 Å². The highest BCUT2D eigenvalue weighted by molar-refractivity contribution is 7.83. The number of carbonyl (C=O) groups excluding carboxylic acids is 1. The van der Waals surface area contributed by atoms with Crippen molar-refractivity contribution in [3.8, 4) is 11.3 Å². The average molecular weight is 583 g/mol. The molecule has 0 saturated heterocycles. The van der Waals surface area contributed by atoms with Gasteiger partial charge in [-0.3, -0.25) is 4.79 Å². The van der Waals surface area contributed by atoms with Crippen molar-refractivity contribution in [1.29, 1.82) is 0 Å². The van der Waals surface area contributed by atoms with Gasteiger partial charge in [0.25, 0.3) is 11.6 Å². The van der Waals surface area contributed by atoms with Gasteiger partial charge in [-0.15, -0.1) is 0 Å². The van der Waals surface area contributed by atoms with Crippen LogP contribution in [0.4, 0.5) is 8.78 Å². The van der Waals surface area contributed by atoms with Crippen molar-refractivity contribution < 1.29 is 17.8 Å². The van der Waals surface area contributed by atoms with Crippen LogP contribution in [0.5, 0.6) is 0 Å². The van der Waals surface area contributed by atoms with Gasteiger partial charge in [-0.2, -0.15) is 13.9 Å². The van der Waals surface area contributed by atoms with E-state index in [0.29, 0.717) is 35.7 Å². The van der Waals surface area contributed by atoms with Crippen LogP contribution in [0.15, 0.2) is 34.3 Å². The van der Waals surface area contributed by atoms with E-state index in [0.717, 1.165) is 31.4 Å². The van der Waals surface area contributed by atoms with E-state index in [1.165, 1.54) is 18.6 Å². The first-order valence-electron chi connectivity index (χ1n) is 13.2. The Bertz CT molecular complexity index is 1230. The molecule has 1 aromatic heterocycles. The number of hydrogen-bond donors (Lipinski definition) is 4. The van der Waals surface area contributed by atoms with Crippen LogP contribution in [0.3, 0.4) is 0 Å². The second kappa shape index (κ2) is 12.9. The molecule has 1 saturated carbocycles. The summed E-state index contributed by atoms with van der Waals surface area (Å²) >= 11 is 0. The fourth-order valence-electron chi connectivity index (χ4n) is 4.89. The molecule has 0 bridgehead atoms. The molecule has 6 N–H and O–H groups in total. The van der Waals surface area contributed by atoms with Gasteiger partial charge in [-0.1, -0.05) is 34.6 Å². The fourth-order valence-corrected chi connectivity index (χ4v) is 6.48. The summed E-state index contributed by atoms with van der Waals surface area (Å²) < 4.78 is 47.6. The minimum absolute atomic E-state index is 0.0212. The Morgan fingerprint density at radius 2 is 1.87 bits per heavy atom. The van der Waals surface area contributed by atoms with E-state index in [-0.39, 0.29) is 28.7 Å². The van der Waals surface area contributed by atoms with Gasteiger partial charge in [0, 0.05) is 42.0 Å². The number of hydrazone groups is 1. The zero-order valence-electron chi connectivity index (χ0n) is 23.2. The maximum atomic E-state index is 14.8. The normalized spacial score (nSPS) is 16.3. The minimum Gasteiger partial charge on any atom is -0.386 e. The number of halogens is 2. The summed E-state index contributed by atoms with van der Waals surface area (Å²) in [4.78, 5) is 13.1. The quantitative estimate of drug-likeness (QED) is 0.106. The molecule has 2 unspecified atom stereocenters. The highest BCUT2D eigenvalue weighted by Gasteiger charge is 2.32. The first kappa shape index (κ1) is 31.2. The number of rotatable bonds is 10. The van der Waals surface area contributed by atoms with Gasteiger partial charge >= 0.3 is 0 Å².